The van der Waals surface area contributed by atoms with E-state index in [-0.39, 0.29) is 21.9 Å². The zero-order chi connectivity index (χ0) is 21.7. The van der Waals surface area contributed by atoms with E-state index in [1.54, 1.807) is 0 Å². The summed E-state index contributed by atoms with van der Waals surface area (Å²) in [7, 11) is -3.82. The molecule has 1 fully saturated rings. The highest BCUT2D eigenvalue weighted by Crippen LogP contribution is 2.27. The number of nitrogens with zero attached hydrogens (tertiary/aromatic N) is 1. The summed E-state index contributed by atoms with van der Waals surface area (Å²) in [6, 6.07) is 9.32. The fraction of sp³-hybridized carbons (Fsp3) is 0.300. The molecule has 0 spiro atoms. The SMILES string of the molecule is O=C(Cc1ccc(F)cc1)NNC(=O)c1ccc(Cl)c(S(=O)(=O)N2CCCCC2)c1. The standard InChI is InChI=1S/C20H21ClFN3O4S/c21-17-9-6-15(13-18(17)30(28,29)25-10-2-1-3-11-25)20(27)24-23-19(26)12-14-4-7-16(22)8-5-14/h4-9,13H,1-3,10-12H2,(H,23,26)(H,24,27). The Kier molecular flexibility index (Phi) is 7.06. The smallest absolute Gasteiger partial charge is 0.269 e. The van der Waals surface area contributed by atoms with Crippen LogP contribution in [-0.2, 0) is 21.2 Å². The summed E-state index contributed by atoms with van der Waals surface area (Å²) in [6.07, 6.45) is 2.46. The van der Waals surface area contributed by atoms with Crippen molar-refractivity contribution >= 4 is 33.4 Å². The zero-order valence-electron chi connectivity index (χ0n) is 16.0. The van der Waals surface area contributed by atoms with Gasteiger partial charge in [-0.2, -0.15) is 4.31 Å². The molecule has 2 aromatic carbocycles. The van der Waals surface area contributed by atoms with E-state index in [0.29, 0.717) is 18.7 Å². The van der Waals surface area contributed by atoms with Crippen LogP contribution in [0.3, 0.4) is 0 Å². The van der Waals surface area contributed by atoms with Crippen LogP contribution in [0.4, 0.5) is 4.39 Å². The molecule has 0 bridgehead atoms. The molecule has 1 aliphatic heterocycles. The molecule has 3 rings (SSSR count). The van der Waals surface area contributed by atoms with Gasteiger partial charge in [0.25, 0.3) is 5.91 Å². The third kappa shape index (κ3) is 5.35. The fourth-order valence-corrected chi connectivity index (χ4v) is 5.13. The minimum atomic E-state index is -3.82. The van der Waals surface area contributed by atoms with Crippen LogP contribution in [0, 0.1) is 5.82 Å². The van der Waals surface area contributed by atoms with Gasteiger partial charge in [0.2, 0.25) is 15.9 Å². The number of halogens is 2. The molecule has 0 aliphatic carbocycles. The third-order valence-electron chi connectivity index (χ3n) is 4.72. The van der Waals surface area contributed by atoms with Crippen molar-refractivity contribution in [3.63, 3.8) is 0 Å². The number of rotatable bonds is 5. The quantitative estimate of drug-likeness (QED) is 0.680. The summed E-state index contributed by atoms with van der Waals surface area (Å²) in [4.78, 5) is 24.2. The molecule has 160 valence electrons. The molecule has 1 saturated heterocycles. The Morgan fingerprint density at radius 1 is 1.00 bits per heavy atom. The molecule has 1 aliphatic rings. The first kappa shape index (κ1) is 22.2. The molecule has 0 radical (unpaired) electrons. The summed E-state index contributed by atoms with van der Waals surface area (Å²) >= 11 is 6.10. The number of nitrogens with one attached hydrogen (secondary N) is 2. The highest BCUT2D eigenvalue weighted by atomic mass is 35.5. The third-order valence-corrected chi connectivity index (χ3v) is 7.10. The van der Waals surface area contributed by atoms with E-state index in [9.17, 15) is 22.4 Å². The number of piperidine rings is 1. The number of hydrogen-bond donors (Lipinski definition) is 2. The van der Waals surface area contributed by atoms with E-state index in [1.165, 1.54) is 46.8 Å². The van der Waals surface area contributed by atoms with Crippen molar-refractivity contribution in [3.05, 3.63) is 64.4 Å². The van der Waals surface area contributed by atoms with Gasteiger partial charge >= 0.3 is 0 Å². The van der Waals surface area contributed by atoms with Gasteiger partial charge in [0.1, 0.15) is 10.7 Å². The van der Waals surface area contributed by atoms with Crippen LogP contribution in [0.5, 0.6) is 0 Å². The number of carbonyl (C=O) groups excluding carboxylic acids is 2. The minimum Gasteiger partial charge on any atom is -0.273 e. The lowest BCUT2D eigenvalue weighted by molar-refractivity contribution is -0.121. The normalized spacial score (nSPS) is 14.9. The first-order valence-electron chi connectivity index (χ1n) is 9.41. The number of hydrazine groups is 1. The Labute approximate surface area is 179 Å². The number of sulfonamides is 1. The van der Waals surface area contributed by atoms with Crippen LogP contribution in [-0.4, -0.2) is 37.6 Å². The zero-order valence-corrected chi connectivity index (χ0v) is 17.6. The second kappa shape index (κ2) is 9.55. The largest absolute Gasteiger partial charge is 0.273 e. The first-order valence-corrected chi connectivity index (χ1v) is 11.2. The second-order valence-corrected chi connectivity index (χ2v) is 9.23. The molecule has 0 atom stereocenters. The van der Waals surface area contributed by atoms with Crippen molar-refractivity contribution in [1.29, 1.82) is 0 Å². The Balaban J connectivity index is 1.67. The highest BCUT2D eigenvalue weighted by molar-refractivity contribution is 7.89. The summed E-state index contributed by atoms with van der Waals surface area (Å²) in [5.74, 6) is -1.61. The van der Waals surface area contributed by atoms with Gasteiger partial charge in [-0.1, -0.05) is 30.2 Å². The first-order chi connectivity index (χ1) is 14.3. The van der Waals surface area contributed by atoms with Crippen LogP contribution in [0.25, 0.3) is 0 Å². The Bertz CT molecular complexity index is 1040. The number of carbonyl (C=O) groups is 2. The van der Waals surface area contributed by atoms with Gasteiger partial charge < -0.3 is 0 Å². The number of hydrogen-bond acceptors (Lipinski definition) is 4. The van der Waals surface area contributed by atoms with E-state index in [2.05, 4.69) is 10.9 Å². The lowest BCUT2D eigenvalue weighted by Crippen LogP contribution is -2.42. The molecule has 1 heterocycles. The molecule has 2 N–H and O–H groups in total. The van der Waals surface area contributed by atoms with Gasteiger partial charge in [-0.05, 0) is 48.7 Å². The van der Waals surface area contributed by atoms with Crippen molar-refractivity contribution in [3.8, 4) is 0 Å². The average molecular weight is 454 g/mol. The van der Waals surface area contributed by atoms with Gasteiger partial charge in [0.05, 0.1) is 11.4 Å². The van der Waals surface area contributed by atoms with Gasteiger partial charge in [-0.25, -0.2) is 12.8 Å². The number of benzene rings is 2. The maximum atomic E-state index is 12.9. The second-order valence-electron chi connectivity index (χ2n) is 6.92. The molecule has 0 saturated carbocycles. The van der Waals surface area contributed by atoms with Gasteiger partial charge in [-0.15, -0.1) is 0 Å². The van der Waals surface area contributed by atoms with Crippen LogP contribution in [0.15, 0.2) is 47.4 Å². The molecule has 0 unspecified atom stereocenters. The molecule has 10 heteroatoms. The maximum Gasteiger partial charge on any atom is 0.269 e. The molecule has 30 heavy (non-hydrogen) atoms. The van der Waals surface area contributed by atoms with E-state index in [0.717, 1.165) is 19.3 Å². The van der Waals surface area contributed by atoms with Gasteiger partial charge in [0, 0.05) is 18.7 Å². The highest BCUT2D eigenvalue weighted by Gasteiger charge is 2.28. The summed E-state index contributed by atoms with van der Waals surface area (Å²) in [5, 5.41) is 0.0254. The van der Waals surface area contributed by atoms with Crippen molar-refractivity contribution in [1.82, 2.24) is 15.2 Å². The van der Waals surface area contributed by atoms with Gasteiger partial charge in [-0.3, -0.25) is 20.4 Å². The average Bonchev–Trinajstić information content (AvgIpc) is 2.74. The fourth-order valence-electron chi connectivity index (χ4n) is 3.12. The lowest BCUT2D eigenvalue weighted by atomic mass is 10.1. The summed E-state index contributed by atoms with van der Waals surface area (Å²) in [5.41, 5.74) is 5.11. The topological polar surface area (TPSA) is 95.6 Å². The van der Waals surface area contributed by atoms with Crippen LogP contribution >= 0.6 is 11.6 Å². The van der Waals surface area contributed by atoms with Crippen molar-refractivity contribution in [2.24, 2.45) is 0 Å². The lowest BCUT2D eigenvalue weighted by Gasteiger charge is -2.26. The van der Waals surface area contributed by atoms with Crippen LogP contribution < -0.4 is 10.9 Å². The van der Waals surface area contributed by atoms with Crippen molar-refractivity contribution in [2.45, 2.75) is 30.6 Å². The maximum absolute atomic E-state index is 12.9. The minimum absolute atomic E-state index is 0.0254. The Morgan fingerprint density at radius 3 is 2.33 bits per heavy atom. The van der Waals surface area contributed by atoms with E-state index in [1.807, 2.05) is 0 Å². The van der Waals surface area contributed by atoms with Crippen LogP contribution in [0.2, 0.25) is 5.02 Å². The van der Waals surface area contributed by atoms with Gasteiger partial charge in [0.15, 0.2) is 0 Å². The van der Waals surface area contributed by atoms with E-state index in [4.69, 9.17) is 11.6 Å². The molecular weight excluding hydrogens is 433 g/mol. The van der Waals surface area contributed by atoms with Crippen molar-refractivity contribution in [2.75, 3.05) is 13.1 Å². The molecule has 7 nitrogen and oxygen atoms in total. The van der Waals surface area contributed by atoms with E-state index >= 15 is 0 Å². The summed E-state index contributed by atoms with van der Waals surface area (Å²) in [6.45, 7) is 0.822. The van der Waals surface area contributed by atoms with E-state index < -0.39 is 27.7 Å². The van der Waals surface area contributed by atoms with Crippen LogP contribution in [0.1, 0.15) is 35.2 Å². The molecule has 2 amide bonds. The monoisotopic (exact) mass is 453 g/mol. The molecule has 0 aromatic heterocycles. The number of amides is 2. The predicted molar refractivity (Wildman–Crippen MR) is 110 cm³/mol. The van der Waals surface area contributed by atoms with Crippen molar-refractivity contribution < 1.29 is 22.4 Å². The summed E-state index contributed by atoms with van der Waals surface area (Å²) < 4.78 is 40.1. The predicted octanol–water partition coefficient (Wildman–Crippen LogP) is 2.66. The molecule has 2 aromatic rings. The Hall–Kier alpha value is -2.49. The molecular formula is C20H21ClFN3O4S. The Morgan fingerprint density at radius 2 is 1.67 bits per heavy atom.